The Morgan fingerprint density at radius 1 is 1.60 bits per heavy atom. The number of aromatic nitrogens is 2. The zero-order valence-corrected chi connectivity index (χ0v) is 10.1. The van der Waals surface area contributed by atoms with Crippen LogP contribution in [0, 0.1) is 6.92 Å². The van der Waals surface area contributed by atoms with Crippen LogP contribution in [0.1, 0.15) is 30.6 Å². The number of hydrogen-bond donors (Lipinski definition) is 1. The molecule has 0 aliphatic rings. The zero-order valence-electron chi connectivity index (χ0n) is 10.1. The Balaban J connectivity index is 2.61. The fourth-order valence-corrected chi connectivity index (χ4v) is 1.53. The van der Waals surface area contributed by atoms with Crippen molar-refractivity contribution in [1.82, 2.24) is 15.1 Å². The summed E-state index contributed by atoms with van der Waals surface area (Å²) in [6.07, 6.45) is 2.97. The quantitative estimate of drug-likeness (QED) is 0.723. The van der Waals surface area contributed by atoms with E-state index in [-0.39, 0.29) is 6.04 Å². The molecule has 0 amide bonds. The van der Waals surface area contributed by atoms with Crippen LogP contribution in [-0.4, -0.2) is 30.0 Å². The van der Waals surface area contributed by atoms with Crippen molar-refractivity contribution < 1.29 is 4.74 Å². The van der Waals surface area contributed by atoms with E-state index in [9.17, 15) is 0 Å². The predicted octanol–water partition coefficient (Wildman–Crippen LogP) is 1.42. The molecule has 1 aromatic rings. The molecule has 1 heterocycles. The SMILES string of the molecule is CCCOCC(NC)c1cnn(C)c1C. The van der Waals surface area contributed by atoms with Gasteiger partial charge in [-0.3, -0.25) is 4.68 Å². The average molecular weight is 211 g/mol. The van der Waals surface area contributed by atoms with Crippen LogP contribution >= 0.6 is 0 Å². The topological polar surface area (TPSA) is 39.1 Å². The molecule has 86 valence electrons. The minimum atomic E-state index is 0.241. The van der Waals surface area contributed by atoms with Crippen LogP contribution in [0.3, 0.4) is 0 Å². The van der Waals surface area contributed by atoms with Crippen molar-refractivity contribution >= 4 is 0 Å². The van der Waals surface area contributed by atoms with Gasteiger partial charge in [0.05, 0.1) is 18.8 Å². The molecule has 4 nitrogen and oxygen atoms in total. The Morgan fingerprint density at radius 3 is 2.80 bits per heavy atom. The van der Waals surface area contributed by atoms with E-state index < -0.39 is 0 Å². The summed E-state index contributed by atoms with van der Waals surface area (Å²) in [6.45, 7) is 5.71. The van der Waals surface area contributed by atoms with Gasteiger partial charge in [-0.15, -0.1) is 0 Å². The summed E-state index contributed by atoms with van der Waals surface area (Å²) in [5.74, 6) is 0. The van der Waals surface area contributed by atoms with Gasteiger partial charge in [-0.25, -0.2) is 0 Å². The number of rotatable bonds is 6. The minimum Gasteiger partial charge on any atom is -0.379 e. The van der Waals surface area contributed by atoms with Gasteiger partial charge in [0.1, 0.15) is 0 Å². The zero-order chi connectivity index (χ0) is 11.3. The molecule has 1 aromatic heterocycles. The number of hydrogen-bond acceptors (Lipinski definition) is 3. The molecule has 0 radical (unpaired) electrons. The normalized spacial score (nSPS) is 13.1. The second kappa shape index (κ2) is 5.88. The van der Waals surface area contributed by atoms with Gasteiger partial charge in [0, 0.05) is 24.9 Å². The first-order valence-corrected chi connectivity index (χ1v) is 5.44. The van der Waals surface area contributed by atoms with E-state index in [1.807, 2.05) is 25.0 Å². The molecule has 15 heavy (non-hydrogen) atoms. The predicted molar refractivity (Wildman–Crippen MR) is 60.9 cm³/mol. The van der Waals surface area contributed by atoms with Crippen molar-refractivity contribution in [2.24, 2.45) is 7.05 Å². The lowest BCUT2D eigenvalue weighted by Gasteiger charge is -2.15. The number of nitrogens with zero attached hydrogens (tertiary/aromatic N) is 2. The third-order valence-electron chi connectivity index (χ3n) is 2.63. The molecule has 0 bridgehead atoms. The van der Waals surface area contributed by atoms with E-state index in [4.69, 9.17) is 4.74 Å². The van der Waals surface area contributed by atoms with Gasteiger partial charge < -0.3 is 10.1 Å². The highest BCUT2D eigenvalue weighted by Crippen LogP contribution is 2.16. The Morgan fingerprint density at radius 2 is 2.33 bits per heavy atom. The monoisotopic (exact) mass is 211 g/mol. The Bertz CT molecular complexity index is 296. The maximum atomic E-state index is 5.55. The number of ether oxygens (including phenoxy) is 1. The van der Waals surface area contributed by atoms with E-state index in [2.05, 4.69) is 24.3 Å². The molecule has 1 unspecified atom stereocenters. The van der Waals surface area contributed by atoms with E-state index >= 15 is 0 Å². The summed E-state index contributed by atoms with van der Waals surface area (Å²) in [7, 11) is 3.91. The summed E-state index contributed by atoms with van der Waals surface area (Å²) >= 11 is 0. The van der Waals surface area contributed by atoms with Gasteiger partial charge in [-0.1, -0.05) is 6.92 Å². The second-order valence-corrected chi connectivity index (χ2v) is 3.73. The molecule has 0 saturated carbocycles. The van der Waals surface area contributed by atoms with Crippen molar-refractivity contribution in [2.75, 3.05) is 20.3 Å². The summed E-state index contributed by atoms with van der Waals surface area (Å²) in [5, 5.41) is 7.49. The third-order valence-corrected chi connectivity index (χ3v) is 2.63. The molecule has 1 atom stereocenters. The molecule has 4 heteroatoms. The molecule has 0 aliphatic heterocycles. The number of aryl methyl sites for hydroxylation is 1. The highest BCUT2D eigenvalue weighted by atomic mass is 16.5. The summed E-state index contributed by atoms with van der Waals surface area (Å²) in [4.78, 5) is 0. The van der Waals surface area contributed by atoms with Crippen molar-refractivity contribution in [2.45, 2.75) is 26.3 Å². The van der Waals surface area contributed by atoms with Crippen LogP contribution in [0.4, 0.5) is 0 Å². The summed E-state index contributed by atoms with van der Waals surface area (Å²) in [6, 6.07) is 0.241. The standard InChI is InChI=1S/C11H21N3O/c1-5-6-15-8-11(12-3)10-7-13-14(4)9(10)2/h7,11-12H,5-6,8H2,1-4H3. The number of nitrogens with one attached hydrogen (secondary N) is 1. The Labute approximate surface area is 91.6 Å². The first-order valence-electron chi connectivity index (χ1n) is 5.44. The summed E-state index contributed by atoms with van der Waals surface area (Å²) in [5.41, 5.74) is 2.41. The van der Waals surface area contributed by atoms with Crippen molar-refractivity contribution in [3.63, 3.8) is 0 Å². The van der Waals surface area contributed by atoms with Crippen LogP contribution in [0.15, 0.2) is 6.20 Å². The van der Waals surface area contributed by atoms with E-state index in [0.717, 1.165) is 13.0 Å². The molecule has 0 aliphatic carbocycles. The first kappa shape index (κ1) is 12.2. The van der Waals surface area contributed by atoms with Gasteiger partial charge in [0.2, 0.25) is 0 Å². The maximum Gasteiger partial charge on any atom is 0.0662 e. The second-order valence-electron chi connectivity index (χ2n) is 3.73. The van der Waals surface area contributed by atoms with Crippen LogP contribution in [0.5, 0.6) is 0 Å². The molecule has 0 aromatic carbocycles. The smallest absolute Gasteiger partial charge is 0.0662 e. The Hall–Kier alpha value is -0.870. The van der Waals surface area contributed by atoms with Crippen molar-refractivity contribution in [1.29, 1.82) is 0 Å². The Kier molecular flexibility index (Phi) is 4.78. The highest BCUT2D eigenvalue weighted by Gasteiger charge is 2.14. The maximum absolute atomic E-state index is 5.55. The van der Waals surface area contributed by atoms with Crippen LogP contribution in [-0.2, 0) is 11.8 Å². The molecule has 0 spiro atoms. The van der Waals surface area contributed by atoms with Crippen LogP contribution in [0.2, 0.25) is 0 Å². The van der Waals surface area contributed by atoms with Gasteiger partial charge in [-0.05, 0) is 20.4 Å². The lowest BCUT2D eigenvalue weighted by atomic mass is 10.1. The highest BCUT2D eigenvalue weighted by molar-refractivity contribution is 5.20. The molecular formula is C11H21N3O. The molecule has 1 rings (SSSR count). The van der Waals surface area contributed by atoms with Crippen molar-refractivity contribution in [3.05, 3.63) is 17.5 Å². The molecular weight excluding hydrogens is 190 g/mol. The molecule has 0 fully saturated rings. The van der Waals surface area contributed by atoms with Gasteiger partial charge in [0.15, 0.2) is 0 Å². The minimum absolute atomic E-state index is 0.241. The van der Waals surface area contributed by atoms with E-state index in [1.54, 1.807) is 0 Å². The largest absolute Gasteiger partial charge is 0.379 e. The average Bonchev–Trinajstić information content (AvgIpc) is 2.56. The lowest BCUT2D eigenvalue weighted by Crippen LogP contribution is -2.22. The lowest BCUT2D eigenvalue weighted by molar-refractivity contribution is 0.114. The fourth-order valence-electron chi connectivity index (χ4n) is 1.53. The molecule has 0 saturated heterocycles. The third kappa shape index (κ3) is 3.04. The van der Waals surface area contributed by atoms with Gasteiger partial charge in [-0.2, -0.15) is 5.10 Å². The number of likely N-dealkylation sites (N-methyl/N-ethyl adjacent to an activating group) is 1. The van der Waals surface area contributed by atoms with Crippen molar-refractivity contribution in [3.8, 4) is 0 Å². The van der Waals surface area contributed by atoms with Crippen LogP contribution in [0.25, 0.3) is 0 Å². The van der Waals surface area contributed by atoms with Gasteiger partial charge >= 0.3 is 0 Å². The summed E-state index contributed by atoms with van der Waals surface area (Å²) < 4.78 is 7.44. The first-order chi connectivity index (χ1) is 7.20. The fraction of sp³-hybridized carbons (Fsp3) is 0.727. The van der Waals surface area contributed by atoms with E-state index in [0.29, 0.717) is 6.61 Å². The van der Waals surface area contributed by atoms with Crippen LogP contribution < -0.4 is 5.32 Å². The van der Waals surface area contributed by atoms with E-state index in [1.165, 1.54) is 11.3 Å². The van der Waals surface area contributed by atoms with Gasteiger partial charge in [0.25, 0.3) is 0 Å². The molecule has 1 N–H and O–H groups in total.